The fourth-order valence-electron chi connectivity index (χ4n) is 1.47. The molecule has 7 heteroatoms. The third-order valence-electron chi connectivity index (χ3n) is 2.33. The summed E-state index contributed by atoms with van der Waals surface area (Å²) in [5.41, 5.74) is 1.16. The van der Waals surface area contributed by atoms with Gasteiger partial charge in [0.1, 0.15) is 5.82 Å². The average Bonchev–Trinajstić information content (AvgIpc) is 2.32. The van der Waals surface area contributed by atoms with Crippen molar-refractivity contribution in [2.24, 2.45) is 0 Å². The van der Waals surface area contributed by atoms with Gasteiger partial charge in [-0.05, 0) is 52.7 Å². The average molecular weight is 345 g/mol. The predicted molar refractivity (Wildman–Crippen MR) is 73.9 cm³/mol. The van der Waals surface area contributed by atoms with Crippen LogP contribution < -0.4 is 4.72 Å². The van der Waals surface area contributed by atoms with Gasteiger partial charge in [-0.3, -0.25) is 9.71 Å². The monoisotopic (exact) mass is 344 g/mol. The number of sulfonamides is 1. The molecule has 100 valence electrons. The Labute approximate surface area is 118 Å². The number of aryl methyl sites for hydroxylation is 1. The van der Waals surface area contributed by atoms with Gasteiger partial charge in [-0.2, -0.15) is 0 Å². The van der Waals surface area contributed by atoms with E-state index in [0.717, 1.165) is 11.6 Å². The molecule has 0 radical (unpaired) electrons. The Kier molecular flexibility index (Phi) is 3.86. The minimum Gasteiger partial charge on any atom is -0.278 e. The fraction of sp³-hybridized carbons (Fsp3) is 0.0833. The number of pyridine rings is 1. The number of nitrogens with zero attached hydrogens (tertiary/aromatic N) is 1. The minimum absolute atomic E-state index is 0.144. The number of hydrogen-bond acceptors (Lipinski definition) is 3. The second-order valence-corrected chi connectivity index (χ2v) is 6.47. The van der Waals surface area contributed by atoms with Gasteiger partial charge in [-0.25, -0.2) is 12.8 Å². The number of benzene rings is 1. The molecule has 0 aliphatic carbocycles. The molecule has 1 N–H and O–H groups in total. The number of halogens is 2. The predicted octanol–water partition coefficient (Wildman–Crippen LogP) is 3.09. The third kappa shape index (κ3) is 3.30. The van der Waals surface area contributed by atoms with Crippen molar-refractivity contribution in [1.82, 2.24) is 4.98 Å². The van der Waals surface area contributed by atoms with Crippen LogP contribution in [0.1, 0.15) is 5.56 Å². The minimum atomic E-state index is -3.82. The van der Waals surface area contributed by atoms with Crippen LogP contribution >= 0.6 is 15.9 Å². The zero-order chi connectivity index (χ0) is 14.0. The maximum Gasteiger partial charge on any atom is 0.262 e. The van der Waals surface area contributed by atoms with Crippen LogP contribution in [-0.4, -0.2) is 13.4 Å². The summed E-state index contributed by atoms with van der Waals surface area (Å²) < 4.78 is 40.0. The first-order valence-electron chi connectivity index (χ1n) is 5.28. The van der Waals surface area contributed by atoms with Gasteiger partial charge in [0, 0.05) is 6.20 Å². The van der Waals surface area contributed by atoms with E-state index in [9.17, 15) is 12.8 Å². The van der Waals surface area contributed by atoms with E-state index in [1.54, 1.807) is 19.2 Å². The Balaban J connectivity index is 2.35. The molecule has 19 heavy (non-hydrogen) atoms. The molecule has 0 unspecified atom stereocenters. The third-order valence-corrected chi connectivity index (χ3v) is 4.35. The molecule has 0 spiro atoms. The highest BCUT2D eigenvalue weighted by Gasteiger charge is 2.16. The van der Waals surface area contributed by atoms with Crippen molar-refractivity contribution in [2.75, 3.05) is 4.72 Å². The molecule has 0 aliphatic rings. The van der Waals surface area contributed by atoms with Crippen LogP contribution in [0.5, 0.6) is 0 Å². The summed E-state index contributed by atoms with van der Waals surface area (Å²) in [6.45, 7) is 1.80. The maximum atomic E-state index is 13.4. The molecule has 1 aromatic heterocycles. The molecule has 1 aromatic carbocycles. The zero-order valence-electron chi connectivity index (χ0n) is 9.89. The van der Waals surface area contributed by atoms with Crippen molar-refractivity contribution < 1.29 is 12.8 Å². The Bertz CT molecular complexity index is 719. The van der Waals surface area contributed by atoms with Crippen molar-refractivity contribution in [3.8, 4) is 0 Å². The van der Waals surface area contributed by atoms with E-state index in [1.165, 1.54) is 18.3 Å². The van der Waals surface area contributed by atoms with E-state index in [4.69, 9.17) is 0 Å². The molecule has 0 bridgehead atoms. The second-order valence-electron chi connectivity index (χ2n) is 3.93. The molecule has 0 saturated carbocycles. The van der Waals surface area contributed by atoms with Crippen molar-refractivity contribution in [1.29, 1.82) is 0 Å². The summed E-state index contributed by atoms with van der Waals surface area (Å²) in [5, 5.41) is 0. The van der Waals surface area contributed by atoms with Gasteiger partial charge < -0.3 is 0 Å². The summed E-state index contributed by atoms with van der Waals surface area (Å²) in [7, 11) is -3.82. The summed E-state index contributed by atoms with van der Waals surface area (Å²) in [4.78, 5) is 3.74. The molecule has 1 heterocycles. The molecule has 0 amide bonds. The number of anilines is 1. The first-order valence-corrected chi connectivity index (χ1v) is 7.55. The smallest absolute Gasteiger partial charge is 0.262 e. The molecular formula is C12H10BrFN2O2S. The Hall–Kier alpha value is -1.47. The molecule has 0 saturated heterocycles. The van der Waals surface area contributed by atoms with Gasteiger partial charge in [0.05, 0.1) is 21.3 Å². The lowest BCUT2D eigenvalue weighted by Gasteiger charge is -2.08. The number of aromatic nitrogens is 1. The van der Waals surface area contributed by atoms with Gasteiger partial charge in [0.2, 0.25) is 0 Å². The maximum absolute atomic E-state index is 13.4. The van der Waals surface area contributed by atoms with E-state index in [2.05, 4.69) is 25.6 Å². The quantitative estimate of drug-likeness (QED) is 0.930. The number of nitrogens with one attached hydrogen (secondary N) is 1. The van der Waals surface area contributed by atoms with Crippen LogP contribution in [0, 0.1) is 12.7 Å². The van der Waals surface area contributed by atoms with Crippen LogP contribution in [0.3, 0.4) is 0 Å². The van der Waals surface area contributed by atoms with E-state index in [0.29, 0.717) is 5.69 Å². The van der Waals surface area contributed by atoms with Crippen LogP contribution in [0.15, 0.2) is 46.0 Å². The molecule has 2 aromatic rings. The van der Waals surface area contributed by atoms with Crippen molar-refractivity contribution in [3.63, 3.8) is 0 Å². The van der Waals surface area contributed by atoms with E-state index >= 15 is 0 Å². The van der Waals surface area contributed by atoms with Gasteiger partial charge in [-0.15, -0.1) is 0 Å². The summed E-state index contributed by atoms with van der Waals surface area (Å²) in [6.07, 6.45) is 3.00. The summed E-state index contributed by atoms with van der Waals surface area (Å²) in [6, 6.07) is 5.26. The van der Waals surface area contributed by atoms with E-state index in [1.807, 2.05) is 0 Å². The first-order chi connectivity index (χ1) is 8.88. The Morgan fingerprint density at radius 2 is 2.00 bits per heavy atom. The van der Waals surface area contributed by atoms with Crippen LogP contribution in [0.25, 0.3) is 0 Å². The Morgan fingerprint density at radius 3 is 2.63 bits per heavy atom. The van der Waals surface area contributed by atoms with Gasteiger partial charge in [0.25, 0.3) is 10.0 Å². The molecular weight excluding hydrogens is 335 g/mol. The molecule has 0 atom stereocenters. The van der Waals surface area contributed by atoms with Crippen LogP contribution in [-0.2, 0) is 10.0 Å². The summed E-state index contributed by atoms with van der Waals surface area (Å²) >= 11 is 2.97. The van der Waals surface area contributed by atoms with Gasteiger partial charge in [-0.1, -0.05) is 0 Å². The van der Waals surface area contributed by atoms with Crippen molar-refractivity contribution >= 4 is 31.6 Å². The van der Waals surface area contributed by atoms with E-state index < -0.39 is 15.8 Å². The fourth-order valence-corrected chi connectivity index (χ4v) is 2.76. The summed E-state index contributed by atoms with van der Waals surface area (Å²) in [5.74, 6) is -0.634. The lowest BCUT2D eigenvalue weighted by atomic mass is 10.3. The van der Waals surface area contributed by atoms with Crippen LogP contribution in [0.2, 0.25) is 0 Å². The first kappa shape index (κ1) is 14.0. The highest BCUT2D eigenvalue weighted by atomic mass is 79.9. The Morgan fingerprint density at radius 1 is 1.26 bits per heavy atom. The van der Waals surface area contributed by atoms with E-state index in [-0.39, 0.29) is 9.37 Å². The SMILES string of the molecule is Cc1cncc(NS(=O)(=O)c2ccc(Br)c(F)c2)c1. The van der Waals surface area contributed by atoms with Gasteiger partial charge in [0.15, 0.2) is 0 Å². The topological polar surface area (TPSA) is 59.1 Å². The van der Waals surface area contributed by atoms with Crippen molar-refractivity contribution in [3.05, 3.63) is 52.5 Å². The lowest BCUT2D eigenvalue weighted by molar-refractivity contribution is 0.593. The lowest BCUT2D eigenvalue weighted by Crippen LogP contribution is -2.13. The number of rotatable bonds is 3. The molecule has 2 rings (SSSR count). The second kappa shape index (κ2) is 5.26. The van der Waals surface area contributed by atoms with Crippen molar-refractivity contribution in [2.45, 2.75) is 11.8 Å². The highest BCUT2D eigenvalue weighted by Crippen LogP contribution is 2.21. The van der Waals surface area contributed by atoms with Crippen LogP contribution in [0.4, 0.5) is 10.1 Å². The molecule has 0 aliphatic heterocycles. The highest BCUT2D eigenvalue weighted by molar-refractivity contribution is 9.10. The standard InChI is InChI=1S/C12H10BrFN2O2S/c1-8-4-9(7-15-6-8)16-19(17,18)10-2-3-11(13)12(14)5-10/h2-7,16H,1H3. The van der Waals surface area contributed by atoms with Gasteiger partial charge >= 0.3 is 0 Å². The largest absolute Gasteiger partial charge is 0.278 e. The molecule has 0 fully saturated rings. The molecule has 4 nitrogen and oxygen atoms in total. The number of hydrogen-bond donors (Lipinski definition) is 1. The zero-order valence-corrected chi connectivity index (χ0v) is 12.3. The normalized spacial score (nSPS) is 11.3.